The Labute approximate surface area is 143 Å². The van der Waals surface area contributed by atoms with Crippen molar-refractivity contribution in [2.45, 2.75) is 69.9 Å². The van der Waals surface area contributed by atoms with Gasteiger partial charge >= 0.3 is 0 Å². The van der Waals surface area contributed by atoms with Crippen molar-refractivity contribution in [1.82, 2.24) is 0 Å². The summed E-state index contributed by atoms with van der Waals surface area (Å²) in [5.74, 6) is 0. The first-order valence-electron chi connectivity index (χ1n) is 8.30. The zero-order chi connectivity index (χ0) is 16.9. The van der Waals surface area contributed by atoms with E-state index in [0.29, 0.717) is 6.10 Å². The molecule has 0 bridgehead atoms. The Bertz CT molecular complexity index is 333. The standard InChI is InChI=1S/C14H33O4Si4/c1-20(2,17-19)10-11-22(5,6)18-21(3,4)9-7-8-15-12-14-13-16-14/h14H,7-13H2,1-6H3. The molecule has 0 N–H and O–H groups in total. The zero-order valence-electron chi connectivity index (χ0n) is 15.2. The van der Waals surface area contributed by atoms with Gasteiger partial charge in [-0.05, 0) is 63.8 Å². The van der Waals surface area contributed by atoms with Crippen LogP contribution >= 0.6 is 0 Å². The number of ether oxygens (including phenoxy) is 2. The summed E-state index contributed by atoms with van der Waals surface area (Å²) < 4.78 is 22.9. The minimum atomic E-state index is -1.61. The molecule has 0 aromatic rings. The largest absolute Gasteiger partial charge is 0.457 e. The van der Waals surface area contributed by atoms with E-state index in [2.05, 4.69) is 49.8 Å². The summed E-state index contributed by atoms with van der Waals surface area (Å²) in [4.78, 5) is 0. The second-order valence-corrected chi connectivity index (χ2v) is 21.8. The molecule has 1 atom stereocenters. The quantitative estimate of drug-likeness (QED) is 0.296. The van der Waals surface area contributed by atoms with Gasteiger partial charge in [0.15, 0.2) is 25.0 Å². The number of hydrogen-bond acceptors (Lipinski definition) is 4. The topological polar surface area (TPSA) is 40.2 Å². The van der Waals surface area contributed by atoms with Crippen molar-refractivity contribution in [1.29, 1.82) is 0 Å². The SMILES string of the molecule is C[Si](C)(CC[Si](C)(C)O[Si](C)(C)CCCOCC1CO1)O[Si]. The van der Waals surface area contributed by atoms with Gasteiger partial charge in [0.1, 0.15) is 6.10 Å². The van der Waals surface area contributed by atoms with Crippen molar-refractivity contribution in [3.05, 3.63) is 0 Å². The maximum atomic E-state index is 6.65. The van der Waals surface area contributed by atoms with Crippen LogP contribution in [-0.4, -0.2) is 61.4 Å². The van der Waals surface area contributed by atoms with Gasteiger partial charge in [0.25, 0.3) is 0 Å². The molecule has 1 saturated heterocycles. The smallest absolute Gasteiger partial charge is 0.230 e. The lowest BCUT2D eigenvalue weighted by Gasteiger charge is -2.35. The molecule has 22 heavy (non-hydrogen) atoms. The predicted octanol–water partition coefficient (Wildman–Crippen LogP) is 3.52. The number of rotatable bonds is 12. The van der Waals surface area contributed by atoms with E-state index in [-0.39, 0.29) is 0 Å². The first-order chi connectivity index (χ1) is 10.1. The van der Waals surface area contributed by atoms with E-state index < -0.39 is 25.0 Å². The minimum absolute atomic E-state index is 0.372. The third-order valence-corrected chi connectivity index (χ3v) is 15.5. The normalized spacial score (nSPS) is 19.5. The van der Waals surface area contributed by atoms with Gasteiger partial charge in [-0.3, -0.25) is 0 Å². The molecule has 1 aliphatic rings. The summed E-state index contributed by atoms with van der Waals surface area (Å²) in [5, 5.41) is 0. The lowest BCUT2D eigenvalue weighted by molar-refractivity contribution is 0.116. The van der Waals surface area contributed by atoms with Gasteiger partial charge in [-0.2, -0.15) is 0 Å². The van der Waals surface area contributed by atoms with Crippen molar-refractivity contribution in [3.8, 4) is 0 Å². The van der Waals surface area contributed by atoms with Crippen LogP contribution < -0.4 is 0 Å². The predicted molar refractivity (Wildman–Crippen MR) is 100.0 cm³/mol. The zero-order valence-corrected chi connectivity index (χ0v) is 19.2. The highest BCUT2D eigenvalue weighted by Gasteiger charge is 2.34. The lowest BCUT2D eigenvalue weighted by Crippen LogP contribution is -2.45. The van der Waals surface area contributed by atoms with Crippen LogP contribution in [0.2, 0.25) is 57.4 Å². The summed E-state index contributed by atoms with van der Waals surface area (Å²) >= 11 is 0. The van der Waals surface area contributed by atoms with E-state index in [1.807, 2.05) is 0 Å². The molecule has 0 spiro atoms. The summed E-state index contributed by atoms with van der Waals surface area (Å²) in [5.41, 5.74) is 0. The van der Waals surface area contributed by atoms with E-state index >= 15 is 0 Å². The second-order valence-electron chi connectivity index (χ2n) is 8.12. The molecule has 0 saturated carbocycles. The molecule has 3 radical (unpaired) electrons. The summed E-state index contributed by atoms with van der Waals surface area (Å²) in [7, 11) is -1.52. The van der Waals surface area contributed by atoms with E-state index in [1.165, 1.54) is 12.1 Å². The van der Waals surface area contributed by atoms with E-state index in [9.17, 15) is 0 Å². The molecule has 4 nitrogen and oxygen atoms in total. The Morgan fingerprint density at radius 1 is 0.955 bits per heavy atom. The molecule has 8 heteroatoms. The van der Waals surface area contributed by atoms with E-state index in [0.717, 1.165) is 32.3 Å². The van der Waals surface area contributed by atoms with Crippen LogP contribution in [0, 0.1) is 0 Å². The minimum Gasteiger partial charge on any atom is -0.457 e. The number of hydrogen-bond donors (Lipinski definition) is 0. The Kier molecular flexibility index (Phi) is 8.21. The van der Waals surface area contributed by atoms with Gasteiger partial charge in [0, 0.05) is 6.61 Å². The molecular weight excluding hydrogens is 344 g/mol. The molecular formula is C14H33O4Si4. The third kappa shape index (κ3) is 9.76. The van der Waals surface area contributed by atoms with Gasteiger partial charge in [0.2, 0.25) is 10.5 Å². The van der Waals surface area contributed by atoms with Crippen LogP contribution in [0.5, 0.6) is 0 Å². The average Bonchev–Trinajstić information content (AvgIpc) is 3.19. The Morgan fingerprint density at radius 3 is 2.05 bits per heavy atom. The second kappa shape index (κ2) is 8.70. The van der Waals surface area contributed by atoms with Crippen LogP contribution in [0.25, 0.3) is 0 Å². The lowest BCUT2D eigenvalue weighted by atomic mass is 10.5. The van der Waals surface area contributed by atoms with Crippen LogP contribution in [0.1, 0.15) is 6.42 Å². The van der Waals surface area contributed by atoms with E-state index in [1.54, 1.807) is 0 Å². The first-order valence-corrected chi connectivity index (χ1v) is 18.0. The molecule has 0 aromatic heterocycles. The van der Waals surface area contributed by atoms with Gasteiger partial charge < -0.3 is 17.7 Å². The number of epoxide rings is 1. The summed E-state index contributed by atoms with van der Waals surface area (Å²) in [6.45, 7) is 16.3. The van der Waals surface area contributed by atoms with Crippen LogP contribution in [0.3, 0.4) is 0 Å². The summed E-state index contributed by atoms with van der Waals surface area (Å²) in [6, 6.07) is 3.51. The fraction of sp³-hybridized carbons (Fsp3) is 1.00. The van der Waals surface area contributed by atoms with Crippen LogP contribution in [0.4, 0.5) is 0 Å². The molecule has 0 aliphatic carbocycles. The van der Waals surface area contributed by atoms with Crippen molar-refractivity contribution in [3.63, 3.8) is 0 Å². The van der Waals surface area contributed by atoms with Gasteiger partial charge in [-0.25, -0.2) is 0 Å². The van der Waals surface area contributed by atoms with Crippen molar-refractivity contribution >= 4 is 35.4 Å². The van der Waals surface area contributed by atoms with E-state index in [4.69, 9.17) is 17.7 Å². The molecule has 1 rings (SSSR count). The maximum Gasteiger partial charge on any atom is 0.230 e. The van der Waals surface area contributed by atoms with Gasteiger partial charge in [0.05, 0.1) is 13.2 Å². The molecule has 1 unspecified atom stereocenters. The molecule has 1 heterocycles. The van der Waals surface area contributed by atoms with Gasteiger partial charge in [-0.1, -0.05) is 0 Å². The van der Waals surface area contributed by atoms with Crippen molar-refractivity contribution < 1.29 is 17.7 Å². The van der Waals surface area contributed by atoms with Crippen LogP contribution in [0.15, 0.2) is 0 Å². The highest BCUT2D eigenvalue weighted by molar-refractivity contribution is 6.86. The van der Waals surface area contributed by atoms with Crippen molar-refractivity contribution in [2.24, 2.45) is 0 Å². The fourth-order valence-electron chi connectivity index (χ4n) is 2.48. The molecule has 129 valence electrons. The average molecular weight is 378 g/mol. The van der Waals surface area contributed by atoms with Crippen LogP contribution in [-0.2, 0) is 17.7 Å². The molecule has 1 fully saturated rings. The Balaban J connectivity index is 2.24. The Morgan fingerprint density at radius 2 is 1.50 bits per heavy atom. The fourth-order valence-corrected chi connectivity index (χ4v) is 15.5. The molecule has 1 aliphatic heterocycles. The monoisotopic (exact) mass is 377 g/mol. The summed E-state index contributed by atoms with van der Waals surface area (Å²) in [6.07, 6.45) is 1.47. The van der Waals surface area contributed by atoms with Gasteiger partial charge in [-0.15, -0.1) is 0 Å². The highest BCUT2D eigenvalue weighted by Crippen LogP contribution is 2.26. The third-order valence-electron chi connectivity index (χ3n) is 3.93. The highest BCUT2D eigenvalue weighted by atomic mass is 28.4. The maximum absolute atomic E-state index is 6.65. The molecule has 0 aromatic carbocycles. The first kappa shape index (κ1) is 20.8. The van der Waals surface area contributed by atoms with Crippen molar-refractivity contribution in [2.75, 3.05) is 19.8 Å². The Hall–Kier alpha value is 0.708. The molecule has 0 amide bonds.